The van der Waals surface area contributed by atoms with Gasteiger partial charge in [0.05, 0.1) is 28.5 Å². The molecule has 1 atom stereocenters. The van der Waals surface area contributed by atoms with Crippen LogP contribution in [0.5, 0.6) is 0 Å². The number of nitrogens with zero attached hydrogens (tertiary/aromatic N) is 2. The number of carbonyl (C=O) groups excluding carboxylic acids is 1. The lowest BCUT2D eigenvalue weighted by molar-refractivity contribution is 0.0940. The van der Waals surface area contributed by atoms with Gasteiger partial charge in [-0.2, -0.15) is 0 Å². The van der Waals surface area contributed by atoms with Crippen LogP contribution in [0.2, 0.25) is 0 Å². The molecular formula is C20H21N3O. The maximum Gasteiger partial charge on any atom is 0.251 e. The van der Waals surface area contributed by atoms with Crippen molar-refractivity contribution < 1.29 is 4.79 Å². The molecule has 0 radical (unpaired) electrons. The number of aryl methyl sites for hydroxylation is 3. The molecule has 0 aliphatic carbocycles. The molecule has 1 unspecified atom stereocenters. The lowest BCUT2D eigenvalue weighted by Crippen LogP contribution is -2.26. The molecule has 3 aromatic rings. The number of rotatable bonds is 3. The van der Waals surface area contributed by atoms with Crippen LogP contribution in [0.3, 0.4) is 0 Å². The van der Waals surface area contributed by atoms with E-state index in [9.17, 15) is 4.79 Å². The Hall–Kier alpha value is -2.75. The Morgan fingerprint density at radius 2 is 1.54 bits per heavy atom. The van der Waals surface area contributed by atoms with Crippen molar-refractivity contribution in [3.63, 3.8) is 0 Å². The highest BCUT2D eigenvalue weighted by Crippen LogP contribution is 2.17. The largest absolute Gasteiger partial charge is 0.346 e. The standard InChI is InChI=1S/C20H21N3O/c1-12-5-7-16(8-6-12)15(4)23-20(24)17-9-10-18-19(11-17)22-14(3)13(2)21-18/h5-11,15H,1-4H3,(H,23,24). The number of hydrogen-bond acceptors (Lipinski definition) is 3. The summed E-state index contributed by atoms with van der Waals surface area (Å²) >= 11 is 0. The molecule has 0 fully saturated rings. The van der Waals surface area contributed by atoms with Gasteiger partial charge in [-0.05, 0) is 51.5 Å². The van der Waals surface area contributed by atoms with E-state index in [0.717, 1.165) is 28.0 Å². The second-order valence-corrected chi connectivity index (χ2v) is 6.20. The normalized spacial score (nSPS) is 12.2. The molecule has 4 heteroatoms. The van der Waals surface area contributed by atoms with Crippen LogP contribution in [-0.4, -0.2) is 15.9 Å². The highest BCUT2D eigenvalue weighted by Gasteiger charge is 2.13. The van der Waals surface area contributed by atoms with E-state index in [0.29, 0.717) is 5.56 Å². The van der Waals surface area contributed by atoms with Crippen LogP contribution in [-0.2, 0) is 0 Å². The van der Waals surface area contributed by atoms with Crippen LogP contribution in [0.1, 0.15) is 45.8 Å². The zero-order chi connectivity index (χ0) is 17.3. The molecule has 0 spiro atoms. The van der Waals surface area contributed by atoms with E-state index in [1.54, 1.807) is 12.1 Å². The first-order valence-corrected chi connectivity index (χ1v) is 8.06. The van der Waals surface area contributed by atoms with Gasteiger partial charge in [0.25, 0.3) is 5.91 Å². The molecule has 0 saturated carbocycles. The first-order chi connectivity index (χ1) is 11.4. The van der Waals surface area contributed by atoms with Crippen LogP contribution >= 0.6 is 0 Å². The van der Waals surface area contributed by atoms with Gasteiger partial charge in [-0.15, -0.1) is 0 Å². The van der Waals surface area contributed by atoms with Crippen LogP contribution in [0, 0.1) is 20.8 Å². The van der Waals surface area contributed by atoms with Gasteiger partial charge in [0, 0.05) is 5.56 Å². The monoisotopic (exact) mass is 319 g/mol. The molecule has 2 aromatic carbocycles. The van der Waals surface area contributed by atoms with Crippen molar-refractivity contribution in [2.45, 2.75) is 33.7 Å². The van der Waals surface area contributed by atoms with Gasteiger partial charge in [0.1, 0.15) is 0 Å². The SMILES string of the molecule is Cc1ccc(C(C)NC(=O)c2ccc3nc(C)c(C)nc3c2)cc1. The quantitative estimate of drug-likeness (QED) is 0.792. The minimum atomic E-state index is -0.106. The number of carbonyl (C=O) groups is 1. The summed E-state index contributed by atoms with van der Waals surface area (Å²) in [7, 11) is 0. The van der Waals surface area contributed by atoms with E-state index >= 15 is 0 Å². The van der Waals surface area contributed by atoms with Gasteiger partial charge < -0.3 is 5.32 Å². The van der Waals surface area contributed by atoms with Gasteiger partial charge in [-0.1, -0.05) is 29.8 Å². The minimum Gasteiger partial charge on any atom is -0.346 e. The maximum absolute atomic E-state index is 12.5. The van der Waals surface area contributed by atoms with Gasteiger partial charge in [-0.3, -0.25) is 4.79 Å². The summed E-state index contributed by atoms with van der Waals surface area (Å²) < 4.78 is 0. The van der Waals surface area contributed by atoms with E-state index < -0.39 is 0 Å². The average Bonchev–Trinajstić information content (AvgIpc) is 2.56. The summed E-state index contributed by atoms with van der Waals surface area (Å²) in [6.45, 7) is 7.89. The predicted molar refractivity (Wildman–Crippen MR) is 96.1 cm³/mol. The Labute approximate surface area is 142 Å². The molecule has 3 rings (SSSR count). The molecule has 0 saturated heterocycles. The van der Waals surface area contributed by atoms with E-state index in [4.69, 9.17) is 0 Å². The fourth-order valence-corrected chi connectivity index (χ4v) is 2.59. The van der Waals surface area contributed by atoms with Gasteiger partial charge >= 0.3 is 0 Å². The Bertz CT molecular complexity index is 901. The van der Waals surface area contributed by atoms with Gasteiger partial charge in [0.2, 0.25) is 0 Å². The third kappa shape index (κ3) is 3.27. The topological polar surface area (TPSA) is 54.9 Å². The first kappa shape index (κ1) is 16.1. The average molecular weight is 319 g/mol. The van der Waals surface area contributed by atoms with Crippen LogP contribution in [0.4, 0.5) is 0 Å². The number of hydrogen-bond donors (Lipinski definition) is 1. The third-order valence-corrected chi connectivity index (χ3v) is 4.26. The van der Waals surface area contributed by atoms with Crippen molar-refractivity contribution in [2.75, 3.05) is 0 Å². The van der Waals surface area contributed by atoms with E-state index in [1.165, 1.54) is 5.56 Å². The van der Waals surface area contributed by atoms with Crippen molar-refractivity contribution in [2.24, 2.45) is 0 Å². The van der Waals surface area contributed by atoms with Crippen LogP contribution in [0.15, 0.2) is 42.5 Å². The smallest absolute Gasteiger partial charge is 0.251 e. The van der Waals surface area contributed by atoms with Crippen molar-refractivity contribution in [3.05, 3.63) is 70.5 Å². The molecule has 0 aliphatic heterocycles. The number of nitrogens with one attached hydrogen (secondary N) is 1. The maximum atomic E-state index is 12.5. The molecule has 1 N–H and O–H groups in total. The minimum absolute atomic E-state index is 0.0559. The molecule has 0 bridgehead atoms. The van der Waals surface area contributed by atoms with E-state index in [1.807, 2.05) is 45.9 Å². The Morgan fingerprint density at radius 1 is 0.917 bits per heavy atom. The van der Waals surface area contributed by atoms with Crippen LogP contribution < -0.4 is 5.32 Å². The fourth-order valence-electron chi connectivity index (χ4n) is 2.59. The van der Waals surface area contributed by atoms with E-state index in [-0.39, 0.29) is 11.9 Å². The lowest BCUT2D eigenvalue weighted by Gasteiger charge is -2.15. The number of fused-ring (bicyclic) bond motifs is 1. The molecule has 1 amide bonds. The summed E-state index contributed by atoms with van der Waals surface area (Å²) in [5.74, 6) is -0.106. The van der Waals surface area contributed by atoms with E-state index in [2.05, 4.69) is 27.4 Å². The Kier molecular flexibility index (Phi) is 4.30. The fraction of sp³-hybridized carbons (Fsp3) is 0.250. The molecule has 1 heterocycles. The Balaban J connectivity index is 1.83. The predicted octanol–water partition coefficient (Wildman–Crippen LogP) is 4.05. The van der Waals surface area contributed by atoms with Crippen molar-refractivity contribution in [1.29, 1.82) is 0 Å². The van der Waals surface area contributed by atoms with Crippen molar-refractivity contribution in [3.8, 4) is 0 Å². The summed E-state index contributed by atoms with van der Waals surface area (Å²) in [5, 5.41) is 3.04. The zero-order valence-corrected chi connectivity index (χ0v) is 14.4. The molecule has 4 nitrogen and oxygen atoms in total. The van der Waals surface area contributed by atoms with Crippen molar-refractivity contribution >= 4 is 16.9 Å². The number of benzene rings is 2. The summed E-state index contributed by atoms with van der Waals surface area (Å²) in [4.78, 5) is 21.6. The molecule has 122 valence electrons. The summed E-state index contributed by atoms with van der Waals surface area (Å²) in [6, 6.07) is 13.6. The zero-order valence-electron chi connectivity index (χ0n) is 14.4. The number of aromatic nitrogens is 2. The first-order valence-electron chi connectivity index (χ1n) is 8.06. The van der Waals surface area contributed by atoms with Gasteiger partial charge in [-0.25, -0.2) is 9.97 Å². The summed E-state index contributed by atoms with van der Waals surface area (Å²) in [5.41, 5.74) is 6.23. The molecule has 24 heavy (non-hydrogen) atoms. The van der Waals surface area contributed by atoms with Crippen molar-refractivity contribution in [1.82, 2.24) is 15.3 Å². The molecular weight excluding hydrogens is 298 g/mol. The Morgan fingerprint density at radius 3 is 2.21 bits per heavy atom. The van der Waals surface area contributed by atoms with Gasteiger partial charge in [0.15, 0.2) is 0 Å². The molecule has 1 aromatic heterocycles. The number of amides is 1. The highest BCUT2D eigenvalue weighted by molar-refractivity contribution is 5.97. The second kappa shape index (κ2) is 6.40. The second-order valence-electron chi connectivity index (χ2n) is 6.20. The lowest BCUT2D eigenvalue weighted by atomic mass is 10.1. The summed E-state index contributed by atoms with van der Waals surface area (Å²) in [6.07, 6.45) is 0. The van der Waals surface area contributed by atoms with Crippen LogP contribution in [0.25, 0.3) is 11.0 Å². The molecule has 0 aliphatic rings. The third-order valence-electron chi connectivity index (χ3n) is 4.26. The highest BCUT2D eigenvalue weighted by atomic mass is 16.1.